The van der Waals surface area contributed by atoms with Crippen LogP contribution in [0.3, 0.4) is 0 Å². The number of nitrogens with one attached hydrogen (secondary N) is 1. The monoisotopic (exact) mass is 397 g/mol. The molecule has 0 radical (unpaired) electrons. The van der Waals surface area contributed by atoms with Gasteiger partial charge in [-0.05, 0) is 57.7 Å². The lowest BCUT2D eigenvalue weighted by molar-refractivity contribution is -0.139. The van der Waals surface area contributed by atoms with E-state index in [1.165, 1.54) is 15.6 Å². The molecule has 0 spiro atoms. The van der Waals surface area contributed by atoms with Gasteiger partial charge in [0.25, 0.3) is 10.0 Å². The van der Waals surface area contributed by atoms with Gasteiger partial charge in [0, 0.05) is 36.6 Å². The fourth-order valence-electron chi connectivity index (χ4n) is 4.59. The Bertz CT molecular complexity index is 762. The molecule has 144 valence electrons. The van der Waals surface area contributed by atoms with Crippen LogP contribution in [0.1, 0.15) is 37.0 Å². The van der Waals surface area contributed by atoms with Crippen molar-refractivity contribution < 1.29 is 13.2 Å². The second-order valence-corrected chi connectivity index (χ2v) is 11.1. The number of aryl methyl sites for hydroxylation is 1. The highest BCUT2D eigenvalue weighted by molar-refractivity contribution is 7.91. The van der Waals surface area contributed by atoms with Crippen LogP contribution >= 0.6 is 11.3 Å². The Kier molecular flexibility index (Phi) is 5.11. The van der Waals surface area contributed by atoms with Gasteiger partial charge in [-0.25, -0.2) is 8.42 Å². The van der Waals surface area contributed by atoms with Gasteiger partial charge in [-0.1, -0.05) is 0 Å². The summed E-state index contributed by atoms with van der Waals surface area (Å²) in [5, 5.41) is 3.42. The van der Waals surface area contributed by atoms with Crippen LogP contribution in [0.4, 0.5) is 0 Å². The molecular weight excluding hydrogens is 370 g/mol. The Morgan fingerprint density at radius 3 is 2.77 bits per heavy atom. The number of thiophene rings is 1. The van der Waals surface area contributed by atoms with E-state index in [1.807, 2.05) is 13.0 Å². The van der Waals surface area contributed by atoms with Gasteiger partial charge < -0.3 is 10.2 Å². The highest BCUT2D eigenvalue weighted by atomic mass is 32.2. The van der Waals surface area contributed by atoms with E-state index in [0.717, 1.165) is 50.1 Å². The average Bonchev–Trinajstić information content (AvgIpc) is 3.17. The fourth-order valence-corrected chi connectivity index (χ4v) is 7.55. The Morgan fingerprint density at radius 1 is 1.19 bits per heavy atom. The lowest BCUT2D eigenvalue weighted by Gasteiger charge is -2.36. The normalized spacial score (nSPS) is 30.3. The summed E-state index contributed by atoms with van der Waals surface area (Å²) in [6, 6.07) is 4.13. The summed E-state index contributed by atoms with van der Waals surface area (Å²) in [5.41, 5.74) is 0. The Morgan fingerprint density at radius 2 is 2.00 bits per heavy atom. The van der Waals surface area contributed by atoms with E-state index < -0.39 is 10.0 Å². The van der Waals surface area contributed by atoms with Gasteiger partial charge >= 0.3 is 0 Å². The predicted octanol–water partition coefficient (Wildman–Crippen LogP) is 1.81. The molecule has 1 amide bonds. The van der Waals surface area contributed by atoms with E-state index in [9.17, 15) is 13.2 Å². The average molecular weight is 398 g/mol. The molecule has 3 unspecified atom stereocenters. The summed E-state index contributed by atoms with van der Waals surface area (Å²) in [6.45, 7) is 4.58. The van der Waals surface area contributed by atoms with Crippen molar-refractivity contribution >= 4 is 27.3 Å². The molecule has 3 atom stereocenters. The molecule has 2 bridgehead atoms. The number of amides is 1. The zero-order chi connectivity index (χ0) is 18.3. The quantitative estimate of drug-likeness (QED) is 0.845. The Hall–Kier alpha value is -0.960. The number of nitrogens with zero attached hydrogens (tertiary/aromatic N) is 2. The van der Waals surface area contributed by atoms with E-state index in [0.29, 0.717) is 23.3 Å². The zero-order valence-corrected chi connectivity index (χ0v) is 16.8. The summed E-state index contributed by atoms with van der Waals surface area (Å²) in [7, 11) is -3.49. The SMILES string of the molecule is Cc1ccc(S(=O)(=O)N2CCCC(C(=O)N3C4CCNCC3CC4)C2)s1. The second-order valence-electron chi connectivity index (χ2n) is 7.69. The van der Waals surface area contributed by atoms with Gasteiger partial charge in [0.2, 0.25) is 5.91 Å². The molecule has 3 aliphatic rings. The zero-order valence-electron chi connectivity index (χ0n) is 15.2. The first-order valence-corrected chi connectivity index (χ1v) is 11.8. The number of carbonyl (C=O) groups excluding carboxylic acids is 1. The highest BCUT2D eigenvalue weighted by Gasteiger charge is 2.42. The predicted molar refractivity (Wildman–Crippen MR) is 102 cm³/mol. The van der Waals surface area contributed by atoms with Crippen molar-refractivity contribution in [2.45, 2.75) is 55.3 Å². The first-order chi connectivity index (χ1) is 12.5. The van der Waals surface area contributed by atoms with E-state index in [4.69, 9.17) is 0 Å². The first-order valence-electron chi connectivity index (χ1n) is 9.56. The highest BCUT2D eigenvalue weighted by Crippen LogP contribution is 2.33. The molecule has 1 aromatic rings. The minimum absolute atomic E-state index is 0.170. The van der Waals surface area contributed by atoms with E-state index >= 15 is 0 Å². The van der Waals surface area contributed by atoms with Gasteiger partial charge in [0.15, 0.2) is 0 Å². The van der Waals surface area contributed by atoms with Crippen LogP contribution in [0.15, 0.2) is 16.3 Å². The van der Waals surface area contributed by atoms with Crippen LogP contribution in [0.5, 0.6) is 0 Å². The minimum atomic E-state index is -3.49. The number of rotatable bonds is 3. The molecule has 26 heavy (non-hydrogen) atoms. The number of carbonyl (C=O) groups is 1. The van der Waals surface area contributed by atoms with Gasteiger partial charge in [-0.3, -0.25) is 4.79 Å². The van der Waals surface area contributed by atoms with Crippen LogP contribution in [-0.2, 0) is 14.8 Å². The van der Waals surface area contributed by atoms with Crippen molar-refractivity contribution in [1.29, 1.82) is 0 Å². The van der Waals surface area contributed by atoms with E-state index in [2.05, 4.69) is 10.2 Å². The molecule has 3 fully saturated rings. The molecule has 0 aromatic carbocycles. The number of hydrogen-bond donors (Lipinski definition) is 1. The van der Waals surface area contributed by atoms with Crippen molar-refractivity contribution in [2.75, 3.05) is 26.2 Å². The first kappa shape index (κ1) is 18.4. The number of sulfonamides is 1. The van der Waals surface area contributed by atoms with Gasteiger partial charge in [0.1, 0.15) is 4.21 Å². The smallest absolute Gasteiger partial charge is 0.252 e. The van der Waals surface area contributed by atoms with E-state index in [-0.39, 0.29) is 17.9 Å². The minimum Gasteiger partial charge on any atom is -0.335 e. The number of hydrogen-bond acceptors (Lipinski definition) is 5. The maximum atomic E-state index is 13.3. The molecule has 4 rings (SSSR count). The summed E-state index contributed by atoms with van der Waals surface area (Å²) in [5.74, 6) is -0.0377. The summed E-state index contributed by atoms with van der Waals surface area (Å²) in [6.07, 6.45) is 4.69. The van der Waals surface area contributed by atoms with Gasteiger partial charge in [-0.15, -0.1) is 11.3 Å². The van der Waals surface area contributed by atoms with Crippen molar-refractivity contribution in [3.05, 3.63) is 17.0 Å². The standard InChI is InChI=1S/C18H27N3O3S2/c1-13-4-7-17(25-13)26(23,24)20-10-2-3-14(12-20)18(22)21-15-5-6-16(21)11-19-9-8-15/h4,7,14-16,19H,2-3,5-6,8-12H2,1H3. The van der Waals surface area contributed by atoms with Crippen molar-refractivity contribution in [3.63, 3.8) is 0 Å². The molecule has 6 nitrogen and oxygen atoms in total. The number of fused-ring (bicyclic) bond motifs is 2. The molecule has 0 saturated carbocycles. The topological polar surface area (TPSA) is 69.7 Å². The second kappa shape index (κ2) is 7.22. The van der Waals surface area contributed by atoms with Crippen LogP contribution in [0.2, 0.25) is 0 Å². The fraction of sp³-hybridized carbons (Fsp3) is 0.722. The van der Waals surface area contributed by atoms with E-state index in [1.54, 1.807) is 6.07 Å². The summed E-state index contributed by atoms with van der Waals surface area (Å²) in [4.78, 5) is 16.3. The number of piperidine rings is 1. The van der Waals surface area contributed by atoms with Crippen LogP contribution in [0.25, 0.3) is 0 Å². The maximum Gasteiger partial charge on any atom is 0.252 e. The Labute approximate surface area is 159 Å². The molecule has 3 saturated heterocycles. The van der Waals surface area contributed by atoms with Crippen LogP contribution in [-0.4, -0.2) is 61.8 Å². The molecule has 4 heterocycles. The largest absolute Gasteiger partial charge is 0.335 e. The van der Waals surface area contributed by atoms with Crippen LogP contribution < -0.4 is 5.32 Å². The van der Waals surface area contributed by atoms with Crippen molar-refractivity contribution in [3.8, 4) is 0 Å². The molecule has 1 aromatic heterocycles. The van der Waals surface area contributed by atoms with Gasteiger partial charge in [0.05, 0.1) is 5.92 Å². The lowest BCUT2D eigenvalue weighted by Crippen LogP contribution is -2.50. The third-order valence-corrected chi connectivity index (χ3v) is 9.29. The molecule has 1 N–H and O–H groups in total. The molecule has 8 heteroatoms. The third kappa shape index (κ3) is 3.32. The van der Waals surface area contributed by atoms with Crippen molar-refractivity contribution in [2.24, 2.45) is 5.92 Å². The van der Waals surface area contributed by atoms with Crippen molar-refractivity contribution in [1.82, 2.24) is 14.5 Å². The maximum absolute atomic E-state index is 13.3. The molecule has 3 aliphatic heterocycles. The Balaban J connectivity index is 1.51. The van der Waals surface area contributed by atoms with Gasteiger partial charge in [-0.2, -0.15) is 4.31 Å². The molecule has 0 aliphatic carbocycles. The molecular formula is C18H27N3O3S2. The summed E-state index contributed by atoms with van der Waals surface area (Å²) >= 11 is 1.31. The van der Waals surface area contributed by atoms with Crippen LogP contribution in [0, 0.1) is 12.8 Å². The third-order valence-electron chi connectivity index (χ3n) is 5.95. The lowest BCUT2D eigenvalue weighted by atomic mass is 9.97. The summed E-state index contributed by atoms with van der Waals surface area (Å²) < 4.78 is 27.8.